The highest BCUT2D eigenvalue weighted by Crippen LogP contribution is 2.28. The molecule has 3 heteroatoms. The molecule has 18 heavy (non-hydrogen) atoms. The molecule has 1 N–H and O–H groups in total. The summed E-state index contributed by atoms with van der Waals surface area (Å²) in [5.74, 6) is 0.504. The van der Waals surface area contributed by atoms with E-state index in [-0.39, 0.29) is 5.69 Å². The second-order valence-corrected chi connectivity index (χ2v) is 4.58. The van der Waals surface area contributed by atoms with Crippen LogP contribution in [0.15, 0.2) is 35.6 Å². The second kappa shape index (κ2) is 5.25. The van der Waals surface area contributed by atoms with Crippen molar-refractivity contribution in [2.24, 2.45) is 0 Å². The Kier molecular flexibility index (Phi) is 3.70. The van der Waals surface area contributed by atoms with Crippen LogP contribution < -0.4 is 5.69 Å². The lowest BCUT2D eigenvalue weighted by molar-refractivity contribution is 0.645. The quantitative estimate of drug-likeness (QED) is 0.804. The predicted molar refractivity (Wildman–Crippen MR) is 76.1 cm³/mol. The van der Waals surface area contributed by atoms with Gasteiger partial charge in [0.2, 0.25) is 0 Å². The van der Waals surface area contributed by atoms with Crippen molar-refractivity contribution in [2.45, 2.75) is 39.2 Å². The molecule has 0 saturated carbocycles. The highest BCUT2D eigenvalue weighted by atomic mass is 16.1. The molecule has 1 aromatic heterocycles. The number of benzene rings is 1. The number of aromatic amines is 1. The Hall–Kier alpha value is -1.77. The van der Waals surface area contributed by atoms with Gasteiger partial charge in [0.1, 0.15) is 0 Å². The highest BCUT2D eigenvalue weighted by molar-refractivity contribution is 5.79. The molecule has 0 radical (unpaired) electrons. The van der Waals surface area contributed by atoms with Gasteiger partial charge in [-0.05, 0) is 30.4 Å². The van der Waals surface area contributed by atoms with Gasteiger partial charge < -0.3 is 4.98 Å². The Balaban J connectivity index is 2.67. The molecule has 0 amide bonds. The molecule has 0 fully saturated rings. The van der Waals surface area contributed by atoms with Gasteiger partial charge in [0, 0.05) is 6.54 Å². The van der Waals surface area contributed by atoms with Crippen LogP contribution in [0.25, 0.3) is 11.0 Å². The van der Waals surface area contributed by atoms with E-state index in [9.17, 15) is 4.79 Å². The first kappa shape index (κ1) is 12.7. The third-order valence-electron chi connectivity index (χ3n) is 3.58. The predicted octanol–water partition coefficient (Wildman–Crippen LogP) is 3.42. The lowest BCUT2D eigenvalue weighted by atomic mass is 9.93. The van der Waals surface area contributed by atoms with Crippen molar-refractivity contribution in [3.05, 3.63) is 46.9 Å². The maximum Gasteiger partial charge on any atom is 0.326 e. The zero-order valence-corrected chi connectivity index (χ0v) is 11.1. The zero-order chi connectivity index (χ0) is 13.1. The number of hydrogen-bond acceptors (Lipinski definition) is 1. The zero-order valence-electron chi connectivity index (χ0n) is 11.1. The van der Waals surface area contributed by atoms with Crippen LogP contribution in [0, 0.1) is 0 Å². The molecule has 96 valence electrons. The van der Waals surface area contributed by atoms with Crippen molar-refractivity contribution in [3.8, 4) is 0 Å². The summed E-state index contributed by atoms with van der Waals surface area (Å²) in [5.41, 5.74) is 3.16. The summed E-state index contributed by atoms with van der Waals surface area (Å²) in [6.07, 6.45) is 3.92. The summed E-state index contributed by atoms with van der Waals surface area (Å²) in [6, 6.07) is 6.14. The van der Waals surface area contributed by atoms with E-state index in [1.165, 1.54) is 5.56 Å². The maximum absolute atomic E-state index is 11.9. The number of imidazole rings is 1. The van der Waals surface area contributed by atoms with Gasteiger partial charge in [-0.1, -0.05) is 32.1 Å². The van der Waals surface area contributed by atoms with Gasteiger partial charge in [-0.2, -0.15) is 0 Å². The largest absolute Gasteiger partial charge is 0.326 e. The molecule has 1 aromatic carbocycles. The van der Waals surface area contributed by atoms with Crippen LogP contribution in [0.5, 0.6) is 0 Å². The van der Waals surface area contributed by atoms with E-state index in [2.05, 4.69) is 31.5 Å². The highest BCUT2D eigenvalue weighted by Gasteiger charge is 2.14. The minimum Gasteiger partial charge on any atom is -0.305 e. The van der Waals surface area contributed by atoms with Crippen molar-refractivity contribution in [3.63, 3.8) is 0 Å². The Morgan fingerprint density at radius 2 is 2.11 bits per heavy atom. The van der Waals surface area contributed by atoms with E-state index >= 15 is 0 Å². The molecular weight excluding hydrogens is 224 g/mol. The first-order chi connectivity index (χ1) is 8.72. The van der Waals surface area contributed by atoms with Crippen LogP contribution in [0.4, 0.5) is 0 Å². The van der Waals surface area contributed by atoms with Crippen molar-refractivity contribution in [1.82, 2.24) is 9.55 Å². The van der Waals surface area contributed by atoms with Crippen molar-refractivity contribution in [2.75, 3.05) is 0 Å². The first-order valence-electron chi connectivity index (χ1n) is 6.55. The van der Waals surface area contributed by atoms with E-state index in [1.807, 2.05) is 12.1 Å². The lowest BCUT2D eigenvalue weighted by Crippen LogP contribution is -2.15. The Morgan fingerprint density at radius 3 is 2.72 bits per heavy atom. The van der Waals surface area contributed by atoms with Crippen molar-refractivity contribution < 1.29 is 0 Å². The van der Waals surface area contributed by atoms with Crippen LogP contribution >= 0.6 is 0 Å². The van der Waals surface area contributed by atoms with E-state index in [1.54, 1.807) is 10.6 Å². The van der Waals surface area contributed by atoms with E-state index in [0.29, 0.717) is 12.5 Å². The van der Waals surface area contributed by atoms with E-state index in [4.69, 9.17) is 0 Å². The average molecular weight is 244 g/mol. The molecule has 0 aliphatic rings. The number of hydrogen-bond donors (Lipinski definition) is 1. The minimum absolute atomic E-state index is 0.0525. The van der Waals surface area contributed by atoms with Crippen LogP contribution in [0.2, 0.25) is 0 Å². The molecule has 0 aliphatic heterocycles. The number of nitrogens with one attached hydrogen (secondary N) is 1. The third-order valence-corrected chi connectivity index (χ3v) is 3.58. The Morgan fingerprint density at radius 1 is 1.39 bits per heavy atom. The number of para-hydroxylation sites is 1. The molecule has 0 unspecified atom stereocenters. The number of nitrogens with zero attached hydrogens (tertiary/aromatic N) is 1. The molecule has 0 bridgehead atoms. The number of aromatic nitrogens is 2. The molecule has 0 saturated heterocycles. The summed E-state index contributed by atoms with van der Waals surface area (Å²) in [5, 5.41) is 0. The van der Waals surface area contributed by atoms with Gasteiger partial charge in [-0.25, -0.2) is 4.79 Å². The second-order valence-electron chi connectivity index (χ2n) is 4.58. The number of rotatable bonds is 5. The Labute approximate surface area is 107 Å². The summed E-state index contributed by atoms with van der Waals surface area (Å²) < 4.78 is 1.73. The van der Waals surface area contributed by atoms with Crippen LogP contribution in [0.3, 0.4) is 0 Å². The molecule has 1 heterocycles. The molecular formula is C15H20N2O. The minimum atomic E-state index is -0.0525. The van der Waals surface area contributed by atoms with Crippen LogP contribution in [-0.2, 0) is 6.54 Å². The van der Waals surface area contributed by atoms with E-state index in [0.717, 1.165) is 23.9 Å². The summed E-state index contributed by atoms with van der Waals surface area (Å²) in [4.78, 5) is 14.9. The smallest absolute Gasteiger partial charge is 0.305 e. The normalized spacial score (nSPS) is 11.3. The fourth-order valence-electron chi connectivity index (χ4n) is 2.58. The number of fused-ring (bicyclic) bond motifs is 1. The summed E-state index contributed by atoms with van der Waals surface area (Å²) in [6.45, 7) is 8.62. The van der Waals surface area contributed by atoms with Crippen molar-refractivity contribution in [1.29, 1.82) is 0 Å². The summed E-state index contributed by atoms with van der Waals surface area (Å²) >= 11 is 0. The third kappa shape index (κ3) is 2.01. The van der Waals surface area contributed by atoms with Gasteiger partial charge in [-0.3, -0.25) is 4.57 Å². The molecule has 0 spiro atoms. The fraction of sp³-hybridized carbons (Fsp3) is 0.400. The molecule has 2 rings (SSSR count). The van der Waals surface area contributed by atoms with Gasteiger partial charge in [0.25, 0.3) is 0 Å². The topological polar surface area (TPSA) is 37.8 Å². The van der Waals surface area contributed by atoms with Crippen LogP contribution in [-0.4, -0.2) is 9.55 Å². The SMILES string of the molecule is C=CCn1c(=O)[nH]c2c(C(CC)CC)cccc21. The summed E-state index contributed by atoms with van der Waals surface area (Å²) in [7, 11) is 0. The molecule has 3 nitrogen and oxygen atoms in total. The van der Waals surface area contributed by atoms with Crippen molar-refractivity contribution >= 4 is 11.0 Å². The average Bonchev–Trinajstić information content (AvgIpc) is 2.69. The fourth-order valence-corrected chi connectivity index (χ4v) is 2.58. The van der Waals surface area contributed by atoms with E-state index < -0.39 is 0 Å². The monoisotopic (exact) mass is 244 g/mol. The Bertz CT molecular complexity index is 602. The molecule has 2 aromatic rings. The van der Waals surface area contributed by atoms with Gasteiger partial charge in [0.05, 0.1) is 11.0 Å². The first-order valence-corrected chi connectivity index (χ1v) is 6.55. The number of H-pyrrole nitrogens is 1. The maximum atomic E-state index is 11.9. The lowest BCUT2D eigenvalue weighted by Gasteiger charge is -2.13. The molecule has 0 atom stereocenters. The standard InChI is InChI=1S/C15H20N2O/c1-4-10-17-13-9-7-8-12(11(5-2)6-3)14(13)16-15(17)18/h4,7-9,11H,1,5-6,10H2,2-3H3,(H,16,18). The van der Waals surface area contributed by atoms with Gasteiger partial charge >= 0.3 is 5.69 Å². The molecule has 0 aliphatic carbocycles. The van der Waals surface area contributed by atoms with Gasteiger partial charge in [0.15, 0.2) is 0 Å². The van der Waals surface area contributed by atoms with Crippen LogP contribution in [0.1, 0.15) is 38.2 Å². The number of allylic oxidation sites excluding steroid dienone is 1. The van der Waals surface area contributed by atoms with Gasteiger partial charge in [-0.15, -0.1) is 6.58 Å².